The van der Waals surface area contributed by atoms with Crippen LogP contribution in [0.2, 0.25) is 0 Å². The van der Waals surface area contributed by atoms with Crippen LogP contribution in [0.15, 0.2) is 122 Å². The predicted octanol–water partition coefficient (Wildman–Crippen LogP) is 22.2. The number of unbranched alkanes of at least 4 members (excludes halogenated alkanes) is 33. The molecule has 90 heavy (non-hydrogen) atoms. The lowest BCUT2D eigenvalue weighted by molar-refractivity contribution is -0.870. The average molecular weight is 1260 g/mol. The molecule has 0 fully saturated rings. The van der Waals surface area contributed by atoms with Gasteiger partial charge in [0, 0.05) is 12.8 Å². The van der Waals surface area contributed by atoms with Crippen LogP contribution in [0.4, 0.5) is 0 Å². The minimum Gasteiger partial charge on any atom is -0.545 e. The topological polar surface area (TPSA) is 111 Å². The van der Waals surface area contributed by atoms with Crippen LogP contribution in [0.3, 0.4) is 0 Å². The van der Waals surface area contributed by atoms with Gasteiger partial charge in [-0.15, -0.1) is 0 Å². The Morgan fingerprint density at radius 1 is 0.344 bits per heavy atom. The summed E-state index contributed by atoms with van der Waals surface area (Å²) in [7, 11) is 5.93. The molecule has 0 aliphatic rings. The number of carboxylic acid groups (broad SMARTS) is 1. The number of ether oxygens (including phenoxy) is 4. The molecule has 9 heteroatoms. The molecule has 0 saturated carbocycles. The molecule has 0 saturated heterocycles. The molecular weight excluding hydrogens is 1110 g/mol. The van der Waals surface area contributed by atoms with E-state index in [-0.39, 0.29) is 32.2 Å². The third-order valence-corrected chi connectivity index (χ3v) is 16.0. The summed E-state index contributed by atoms with van der Waals surface area (Å²) in [5.41, 5.74) is 0. The van der Waals surface area contributed by atoms with Gasteiger partial charge in [-0.1, -0.05) is 334 Å². The van der Waals surface area contributed by atoms with Crippen molar-refractivity contribution in [1.29, 1.82) is 0 Å². The van der Waals surface area contributed by atoms with Crippen molar-refractivity contribution in [2.75, 3.05) is 47.5 Å². The lowest BCUT2D eigenvalue weighted by Gasteiger charge is -2.26. The SMILES string of the molecule is CC/C=C\C/C=C\C/C=C\C/C=C\C/C=C\C/C=C\C/C=C\C/C=C\C/C=C\C/C=C\CCCCCCCCCCCCC(=O)OC(COC(=O)CCCCCCCCCCCCCCCCCCCCCCCCCC)COC(OCC[N+](C)(C)C)C(=O)[O-]. The van der Waals surface area contributed by atoms with Gasteiger partial charge in [0.25, 0.3) is 0 Å². The number of likely N-dealkylation sites (N-methyl/N-ethyl adjacent to an activating group) is 1. The number of allylic oxidation sites excluding steroid dienone is 20. The lowest BCUT2D eigenvalue weighted by atomic mass is 10.0. The standard InChI is InChI=1S/C81H139NO8/c1-6-8-10-12-14-16-18-20-22-24-26-28-30-32-33-34-35-36-37-38-39-40-41-42-43-44-45-46-47-48-50-52-54-56-58-60-62-64-66-68-70-72-79(84)90-77(76-89-81(80(85)86)87-74-73-82(3,4)5)75-88-78(83)71-69-67-65-63-61-59-57-55-53-51-49-31-29-27-25-23-21-19-17-15-13-11-9-7-2/h8,10,14,16,20,22,26,28,32-33,35-36,38-39,41-42,44-45,47-48,77,81H,6-7,9,11-13,15,17-19,21,23-25,27,29-31,34,37,40,43,46,49-76H2,1-5H3/b10-8-,16-14-,22-20-,28-26-,33-32-,36-35-,39-38-,42-41-,45-44-,48-47-. The molecule has 0 aliphatic heterocycles. The van der Waals surface area contributed by atoms with Crippen molar-refractivity contribution in [2.45, 2.75) is 328 Å². The zero-order valence-electron chi connectivity index (χ0n) is 59.0. The number of nitrogens with zero attached hydrogens (tertiary/aromatic N) is 1. The van der Waals surface area contributed by atoms with Crippen LogP contribution in [0.5, 0.6) is 0 Å². The first kappa shape index (κ1) is 85.7. The number of carbonyl (C=O) groups excluding carboxylic acids is 3. The van der Waals surface area contributed by atoms with E-state index in [0.29, 0.717) is 23.9 Å². The summed E-state index contributed by atoms with van der Waals surface area (Å²) in [6, 6.07) is 0. The first-order valence-electron chi connectivity index (χ1n) is 37.2. The molecule has 0 bridgehead atoms. The van der Waals surface area contributed by atoms with Gasteiger partial charge in [0.05, 0.1) is 40.3 Å². The van der Waals surface area contributed by atoms with E-state index in [4.69, 9.17) is 18.9 Å². The number of hydrogen-bond acceptors (Lipinski definition) is 8. The fraction of sp³-hybridized carbons (Fsp3) is 0.716. The number of esters is 2. The maximum atomic E-state index is 12.9. The van der Waals surface area contributed by atoms with Crippen molar-refractivity contribution in [3.63, 3.8) is 0 Å². The smallest absolute Gasteiger partial charge is 0.306 e. The summed E-state index contributed by atoms with van der Waals surface area (Å²) in [6.07, 6.45) is 97.2. The van der Waals surface area contributed by atoms with Crippen LogP contribution in [0.25, 0.3) is 0 Å². The van der Waals surface area contributed by atoms with E-state index in [9.17, 15) is 19.5 Å². The molecule has 0 aromatic heterocycles. The molecule has 0 spiro atoms. The van der Waals surface area contributed by atoms with Gasteiger partial charge in [-0.05, 0) is 89.9 Å². The Morgan fingerprint density at radius 3 is 0.944 bits per heavy atom. The summed E-state index contributed by atoms with van der Waals surface area (Å²) in [5, 5.41) is 11.8. The fourth-order valence-corrected chi connectivity index (χ4v) is 10.3. The molecule has 9 nitrogen and oxygen atoms in total. The summed E-state index contributed by atoms with van der Waals surface area (Å²) in [4.78, 5) is 37.5. The zero-order chi connectivity index (χ0) is 65.4. The van der Waals surface area contributed by atoms with E-state index in [0.717, 1.165) is 109 Å². The molecule has 2 unspecified atom stereocenters. The molecular formula is C81H139NO8. The third kappa shape index (κ3) is 71.1. The summed E-state index contributed by atoms with van der Waals surface area (Å²) >= 11 is 0. The first-order chi connectivity index (χ1) is 44.1. The predicted molar refractivity (Wildman–Crippen MR) is 384 cm³/mol. The summed E-state index contributed by atoms with van der Waals surface area (Å²) in [5.74, 6) is -2.28. The molecule has 2 atom stereocenters. The van der Waals surface area contributed by atoms with Crippen molar-refractivity contribution in [3.05, 3.63) is 122 Å². The number of carbonyl (C=O) groups is 3. The van der Waals surface area contributed by atoms with Crippen molar-refractivity contribution < 1.29 is 42.9 Å². The Morgan fingerprint density at radius 2 is 0.633 bits per heavy atom. The molecule has 0 aromatic carbocycles. The van der Waals surface area contributed by atoms with Gasteiger partial charge >= 0.3 is 11.9 Å². The van der Waals surface area contributed by atoms with Crippen molar-refractivity contribution in [2.24, 2.45) is 0 Å². The van der Waals surface area contributed by atoms with E-state index < -0.39 is 24.3 Å². The van der Waals surface area contributed by atoms with Crippen LogP contribution in [-0.2, 0) is 33.3 Å². The molecule has 516 valence electrons. The molecule has 0 aromatic rings. The Bertz CT molecular complexity index is 1900. The number of hydrogen-bond donors (Lipinski definition) is 0. The lowest BCUT2D eigenvalue weighted by Crippen LogP contribution is -2.44. The maximum Gasteiger partial charge on any atom is 0.306 e. The minimum absolute atomic E-state index is 0.144. The quantitative estimate of drug-likeness (QED) is 0.0195. The Labute approximate surface area is 555 Å². The Balaban J connectivity index is 4.11. The number of aliphatic carboxylic acids is 1. The first-order valence-corrected chi connectivity index (χ1v) is 37.2. The van der Waals surface area contributed by atoms with Gasteiger partial charge in [0.2, 0.25) is 0 Å². The molecule has 0 N–H and O–H groups in total. The second-order valence-corrected chi connectivity index (χ2v) is 25.9. The Hall–Kier alpha value is -4.31. The van der Waals surface area contributed by atoms with Gasteiger partial charge in [-0.25, -0.2) is 0 Å². The van der Waals surface area contributed by atoms with E-state index in [1.54, 1.807) is 0 Å². The van der Waals surface area contributed by atoms with Gasteiger partial charge in [0.15, 0.2) is 12.4 Å². The van der Waals surface area contributed by atoms with Crippen molar-refractivity contribution in [1.82, 2.24) is 0 Å². The van der Waals surface area contributed by atoms with Crippen molar-refractivity contribution in [3.8, 4) is 0 Å². The summed E-state index contributed by atoms with van der Waals surface area (Å²) < 4.78 is 22.8. The minimum atomic E-state index is -1.63. The highest BCUT2D eigenvalue weighted by atomic mass is 16.7. The molecule has 0 heterocycles. The highest BCUT2D eigenvalue weighted by Crippen LogP contribution is 2.18. The van der Waals surface area contributed by atoms with Gasteiger partial charge in [-0.3, -0.25) is 9.59 Å². The highest BCUT2D eigenvalue weighted by Gasteiger charge is 2.22. The third-order valence-electron chi connectivity index (χ3n) is 16.0. The second-order valence-electron chi connectivity index (χ2n) is 25.9. The van der Waals surface area contributed by atoms with E-state index in [1.807, 2.05) is 21.1 Å². The fourth-order valence-electron chi connectivity index (χ4n) is 10.3. The van der Waals surface area contributed by atoms with E-state index >= 15 is 0 Å². The van der Waals surface area contributed by atoms with Gasteiger partial charge < -0.3 is 33.3 Å². The molecule has 0 aliphatic carbocycles. The average Bonchev–Trinajstić information content (AvgIpc) is 3.73. The zero-order valence-corrected chi connectivity index (χ0v) is 59.0. The van der Waals surface area contributed by atoms with Crippen LogP contribution in [0.1, 0.15) is 316 Å². The normalized spacial score (nSPS) is 13.4. The molecule has 0 rings (SSSR count). The monoisotopic (exact) mass is 1250 g/mol. The number of quaternary nitrogens is 1. The molecule has 0 amide bonds. The van der Waals surface area contributed by atoms with Crippen LogP contribution in [-0.4, -0.2) is 82.3 Å². The van der Waals surface area contributed by atoms with Crippen LogP contribution in [0, 0.1) is 0 Å². The summed E-state index contributed by atoms with van der Waals surface area (Å²) in [6.45, 7) is 4.66. The van der Waals surface area contributed by atoms with Gasteiger partial charge in [0.1, 0.15) is 13.2 Å². The maximum absolute atomic E-state index is 12.9. The van der Waals surface area contributed by atoms with Crippen molar-refractivity contribution >= 4 is 17.9 Å². The van der Waals surface area contributed by atoms with Gasteiger partial charge in [-0.2, -0.15) is 0 Å². The number of carboxylic acids is 1. The largest absolute Gasteiger partial charge is 0.545 e. The van der Waals surface area contributed by atoms with Crippen LogP contribution >= 0.6 is 0 Å². The number of rotatable bonds is 68. The van der Waals surface area contributed by atoms with Crippen LogP contribution < -0.4 is 5.11 Å². The Kier molecular flexibility index (Phi) is 67.2. The van der Waals surface area contributed by atoms with E-state index in [1.165, 1.54) is 173 Å². The second kappa shape index (κ2) is 70.6. The molecule has 0 radical (unpaired) electrons. The highest BCUT2D eigenvalue weighted by molar-refractivity contribution is 5.70. The van der Waals surface area contributed by atoms with E-state index in [2.05, 4.69) is 135 Å².